The van der Waals surface area contributed by atoms with Gasteiger partial charge in [-0.1, -0.05) is 37.6 Å². The number of amides is 1. The van der Waals surface area contributed by atoms with Crippen molar-refractivity contribution in [3.8, 4) is 0 Å². The average Bonchev–Trinajstić information content (AvgIpc) is 2.60. The van der Waals surface area contributed by atoms with Crippen LogP contribution in [0.3, 0.4) is 0 Å². The first kappa shape index (κ1) is 19.4. The van der Waals surface area contributed by atoms with Gasteiger partial charge in [-0.25, -0.2) is 0 Å². The van der Waals surface area contributed by atoms with E-state index in [4.69, 9.17) is 5.11 Å². The molecular formula is C19H29N3O3. The summed E-state index contributed by atoms with van der Waals surface area (Å²) in [5.74, 6) is -0.907. The average molecular weight is 347 g/mol. The molecule has 1 aliphatic rings. The summed E-state index contributed by atoms with van der Waals surface area (Å²) in [5, 5.41) is 12.0. The predicted octanol–water partition coefficient (Wildman–Crippen LogP) is 1.48. The van der Waals surface area contributed by atoms with Crippen LogP contribution in [0.5, 0.6) is 0 Å². The fourth-order valence-corrected chi connectivity index (χ4v) is 3.11. The zero-order chi connectivity index (χ0) is 18.2. The smallest absolute Gasteiger partial charge is 0.320 e. The third-order valence-electron chi connectivity index (χ3n) is 4.76. The molecule has 0 radical (unpaired) electrons. The standard InChI is InChI=1S/C19H29N3O3/c1-3-6-17(19(24)25)20-13-18(23)22-11-9-21(10-12-22)14-16-8-5-4-7-15(16)2/h4-5,7-8,17,20H,3,6,9-14H2,1-2H3,(H,24,25). The molecule has 6 heteroatoms. The first-order valence-electron chi connectivity index (χ1n) is 9.02. The number of nitrogens with one attached hydrogen (secondary N) is 1. The Kier molecular flexibility index (Phi) is 7.40. The van der Waals surface area contributed by atoms with Crippen LogP contribution in [0.2, 0.25) is 0 Å². The fraction of sp³-hybridized carbons (Fsp3) is 0.579. The van der Waals surface area contributed by atoms with Crippen LogP contribution in [0.1, 0.15) is 30.9 Å². The van der Waals surface area contributed by atoms with Crippen molar-refractivity contribution in [3.05, 3.63) is 35.4 Å². The summed E-state index contributed by atoms with van der Waals surface area (Å²) in [6.45, 7) is 8.13. The minimum absolute atomic E-state index is 0.0158. The van der Waals surface area contributed by atoms with Crippen molar-refractivity contribution in [3.63, 3.8) is 0 Å². The Bertz CT molecular complexity index is 583. The number of aliphatic carboxylic acids is 1. The van der Waals surface area contributed by atoms with E-state index in [0.717, 1.165) is 26.1 Å². The lowest BCUT2D eigenvalue weighted by atomic mass is 10.1. The second kappa shape index (κ2) is 9.53. The van der Waals surface area contributed by atoms with Gasteiger partial charge in [-0.15, -0.1) is 0 Å². The van der Waals surface area contributed by atoms with Crippen LogP contribution >= 0.6 is 0 Å². The molecule has 1 fully saturated rings. The summed E-state index contributed by atoms with van der Waals surface area (Å²) < 4.78 is 0. The third-order valence-corrected chi connectivity index (χ3v) is 4.76. The van der Waals surface area contributed by atoms with Crippen molar-refractivity contribution < 1.29 is 14.7 Å². The van der Waals surface area contributed by atoms with Gasteiger partial charge in [-0.05, 0) is 24.5 Å². The molecule has 1 aliphatic heterocycles. The van der Waals surface area contributed by atoms with Gasteiger partial charge in [0.1, 0.15) is 6.04 Å². The van der Waals surface area contributed by atoms with Crippen molar-refractivity contribution in [2.24, 2.45) is 0 Å². The van der Waals surface area contributed by atoms with Gasteiger partial charge in [0.05, 0.1) is 6.54 Å². The molecule has 0 aromatic heterocycles. The van der Waals surface area contributed by atoms with Crippen LogP contribution in [0.4, 0.5) is 0 Å². The maximum absolute atomic E-state index is 12.3. The van der Waals surface area contributed by atoms with Gasteiger partial charge in [0, 0.05) is 32.7 Å². The molecule has 0 saturated carbocycles. The summed E-state index contributed by atoms with van der Waals surface area (Å²) in [7, 11) is 0. The van der Waals surface area contributed by atoms with E-state index < -0.39 is 12.0 Å². The number of benzene rings is 1. The molecule has 0 spiro atoms. The number of carboxylic acid groups (broad SMARTS) is 1. The normalized spacial score (nSPS) is 16.6. The number of hydrogen-bond acceptors (Lipinski definition) is 4. The zero-order valence-corrected chi connectivity index (χ0v) is 15.2. The monoisotopic (exact) mass is 347 g/mol. The Hall–Kier alpha value is -1.92. The number of hydrogen-bond donors (Lipinski definition) is 2. The Morgan fingerprint density at radius 1 is 1.20 bits per heavy atom. The second-order valence-corrected chi connectivity index (χ2v) is 6.64. The SMILES string of the molecule is CCCC(NCC(=O)N1CCN(Cc2ccccc2C)CC1)C(=O)O. The summed E-state index contributed by atoms with van der Waals surface area (Å²) in [5.41, 5.74) is 2.62. The molecule has 0 aliphatic carbocycles. The molecule has 138 valence electrons. The van der Waals surface area contributed by atoms with E-state index in [1.807, 2.05) is 17.9 Å². The number of carbonyl (C=O) groups is 2. The van der Waals surface area contributed by atoms with Crippen molar-refractivity contribution in [2.45, 2.75) is 39.3 Å². The Labute approximate surface area is 149 Å². The molecule has 1 heterocycles. The van der Waals surface area contributed by atoms with E-state index in [0.29, 0.717) is 19.5 Å². The highest BCUT2D eigenvalue weighted by atomic mass is 16.4. The van der Waals surface area contributed by atoms with E-state index >= 15 is 0 Å². The lowest BCUT2D eigenvalue weighted by Gasteiger charge is -2.35. The predicted molar refractivity (Wildman–Crippen MR) is 97.4 cm³/mol. The van der Waals surface area contributed by atoms with E-state index in [1.165, 1.54) is 11.1 Å². The number of piperazine rings is 1. The lowest BCUT2D eigenvalue weighted by Crippen LogP contribution is -2.51. The van der Waals surface area contributed by atoms with E-state index in [1.54, 1.807) is 0 Å². The quantitative estimate of drug-likeness (QED) is 0.745. The van der Waals surface area contributed by atoms with Crippen LogP contribution < -0.4 is 5.32 Å². The van der Waals surface area contributed by atoms with Crippen LogP contribution in [0, 0.1) is 6.92 Å². The number of nitrogens with zero attached hydrogens (tertiary/aromatic N) is 2. The van der Waals surface area contributed by atoms with E-state index in [9.17, 15) is 9.59 Å². The van der Waals surface area contributed by atoms with Crippen LogP contribution in [0.25, 0.3) is 0 Å². The Morgan fingerprint density at radius 2 is 1.88 bits per heavy atom. The van der Waals surface area contributed by atoms with Gasteiger partial charge >= 0.3 is 5.97 Å². The first-order chi connectivity index (χ1) is 12.0. The summed E-state index contributed by atoms with van der Waals surface area (Å²) in [6, 6.07) is 7.73. The summed E-state index contributed by atoms with van der Waals surface area (Å²) in [4.78, 5) is 27.6. The second-order valence-electron chi connectivity index (χ2n) is 6.64. The van der Waals surface area contributed by atoms with Crippen molar-refractivity contribution in [1.82, 2.24) is 15.1 Å². The molecular weight excluding hydrogens is 318 g/mol. The third kappa shape index (κ3) is 5.83. The van der Waals surface area contributed by atoms with Gasteiger partial charge in [0.15, 0.2) is 0 Å². The number of carboxylic acids is 1. The highest BCUT2D eigenvalue weighted by molar-refractivity contribution is 5.80. The van der Waals surface area contributed by atoms with Gasteiger partial charge in [0.2, 0.25) is 5.91 Å². The molecule has 1 aromatic carbocycles. The van der Waals surface area contributed by atoms with E-state index in [2.05, 4.69) is 35.3 Å². The molecule has 2 N–H and O–H groups in total. The molecule has 2 rings (SSSR count). The molecule has 1 atom stereocenters. The van der Waals surface area contributed by atoms with E-state index in [-0.39, 0.29) is 12.5 Å². The maximum Gasteiger partial charge on any atom is 0.320 e. The van der Waals surface area contributed by atoms with Crippen molar-refractivity contribution in [1.29, 1.82) is 0 Å². The topological polar surface area (TPSA) is 72.9 Å². The Balaban J connectivity index is 1.76. The number of rotatable bonds is 8. The first-order valence-corrected chi connectivity index (χ1v) is 9.02. The van der Waals surface area contributed by atoms with Crippen molar-refractivity contribution >= 4 is 11.9 Å². The number of aryl methyl sites for hydroxylation is 1. The van der Waals surface area contributed by atoms with Crippen LogP contribution in [-0.4, -0.2) is 65.5 Å². The molecule has 25 heavy (non-hydrogen) atoms. The Morgan fingerprint density at radius 3 is 2.48 bits per heavy atom. The lowest BCUT2D eigenvalue weighted by molar-refractivity contribution is -0.140. The van der Waals surface area contributed by atoms with Crippen molar-refractivity contribution in [2.75, 3.05) is 32.7 Å². The van der Waals surface area contributed by atoms with Gasteiger partial charge in [-0.3, -0.25) is 19.8 Å². The van der Waals surface area contributed by atoms with Gasteiger partial charge < -0.3 is 10.0 Å². The molecule has 0 bridgehead atoms. The maximum atomic E-state index is 12.3. The molecule has 1 amide bonds. The van der Waals surface area contributed by atoms with Crippen LogP contribution in [0.15, 0.2) is 24.3 Å². The largest absolute Gasteiger partial charge is 0.480 e. The molecule has 1 saturated heterocycles. The van der Waals surface area contributed by atoms with Gasteiger partial charge in [-0.2, -0.15) is 0 Å². The minimum atomic E-state index is -0.891. The number of carbonyl (C=O) groups excluding carboxylic acids is 1. The molecule has 1 aromatic rings. The minimum Gasteiger partial charge on any atom is -0.480 e. The van der Waals surface area contributed by atoms with Gasteiger partial charge in [0.25, 0.3) is 0 Å². The highest BCUT2D eigenvalue weighted by Crippen LogP contribution is 2.12. The fourth-order valence-electron chi connectivity index (χ4n) is 3.11. The zero-order valence-electron chi connectivity index (χ0n) is 15.2. The summed E-state index contributed by atoms with van der Waals surface area (Å²) >= 11 is 0. The highest BCUT2D eigenvalue weighted by Gasteiger charge is 2.23. The molecule has 1 unspecified atom stereocenters. The van der Waals surface area contributed by atoms with Crippen LogP contribution in [-0.2, 0) is 16.1 Å². The molecule has 6 nitrogen and oxygen atoms in total. The summed E-state index contributed by atoms with van der Waals surface area (Å²) in [6.07, 6.45) is 1.31.